The predicted octanol–water partition coefficient (Wildman–Crippen LogP) is 3.09. The monoisotopic (exact) mass is 299 g/mol. The Morgan fingerprint density at radius 3 is 2.82 bits per heavy atom. The van der Waals surface area contributed by atoms with Crippen LogP contribution in [0.3, 0.4) is 0 Å². The van der Waals surface area contributed by atoms with Gasteiger partial charge in [-0.1, -0.05) is 18.6 Å². The van der Waals surface area contributed by atoms with Gasteiger partial charge in [-0.05, 0) is 37.9 Å². The Labute approximate surface area is 130 Å². The van der Waals surface area contributed by atoms with Gasteiger partial charge in [-0.2, -0.15) is 0 Å². The highest BCUT2D eigenvalue weighted by Gasteiger charge is 2.34. The number of methoxy groups -OCH3 is 1. The zero-order chi connectivity index (χ0) is 14.9. The maximum Gasteiger partial charge on any atom is 0.251 e. The largest absolute Gasteiger partial charge is 0.496 e. The molecule has 1 saturated carbocycles. The van der Waals surface area contributed by atoms with E-state index in [2.05, 4.69) is 15.1 Å². The molecule has 1 aromatic carbocycles. The van der Waals surface area contributed by atoms with Gasteiger partial charge in [0.2, 0.25) is 5.89 Å². The summed E-state index contributed by atoms with van der Waals surface area (Å²) in [6.45, 7) is 2.21. The Kier molecular flexibility index (Phi) is 3.58. The topological polar surface area (TPSA) is 51.4 Å². The number of ether oxygens (including phenoxy) is 1. The quantitative estimate of drug-likeness (QED) is 0.868. The number of benzene rings is 1. The molecule has 1 saturated heterocycles. The van der Waals surface area contributed by atoms with Gasteiger partial charge in [0.15, 0.2) is 0 Å². The van der Waals surface area contributed by atoms with E-state index in [-0.39, 0.29) is 0 Å². The van der Waals surface area contributed by atoms with Crippen molar-refractivity contribution in [2.45, 2.75) is 37.6 Å². The Bertz CT molecular complexity index is 651. The van der Waals surface area contributed by atoms with Crippen molar-refractivity contribution in [2.75, 3.05) is 20.2 Å². The zero-order valence-electron chi connectivity index (χ0n) is 12.9. The van der Waals surface area contributed by atoms with Gasteiger partial charge in [-0.25, -0.2) is 0 Å². The molecular weight excluding hydrogens is 278 g/mol. The summed E-state index contributed by atoms with van der Waals surface area (Å²) in [5.74, 6) is 2.45. The molecule has 1 aliphatic heterocycles. The number of rotatable bonds is 4. The molecule has 0 bridgehead atoms. The first-order valence-corrected chi connectivity index (χ1v) is 8.06. The van der Waals surface area contributed by atoms with Crippen molar-refractivity contribution in [2.24, 2.45) is 0 Å². The second kappa shape index (κ2) is 5.72. The summed E-state index contributed by atoms with van der Waals surface area (Å²) >= 11 is 0. The van der Waals surface area contributed by atoms with Crippen LogP contribution in [0, 0.1) is 0 Å². The Morgan fingerprint density at radius 1 is 1.18 bits per heavy atom. The molecule has 5 heteroatoms. The maximum absolute atomic E-state index is 5.95. The van der Waals surface area contributed by atoms with Crippen LogP contribution in [0.5, 0.6) is 5.75 Å². The third kappa shape index (κ3) is 2.39. The molecule has 2 fully saturated rings. The molecule has 4 rings (SSSR count). The van der Waals surface area contributed by atoms with E-state index >= 15 is 0 Å². The van der Waals surface area contributed by atoms with E-state index < -0.39 is 0 Å². The van der Waals surface area contributed by atoms with E-state index in [1.807, 2.05) is 24.3 Å². The van der Waals surface area contributed by atoms with Crippen LogP contribution >= 0.6 is 0 Å². The van der Waals surface area contributed by atoms with Gasteiger partial charge < -0.3 is 9.15 Å². The summed E-state index contributed by atoms with van der Waals surface area (Å²) in [5.41, 5.74) is 0.859. The minimum Gasteiger partial charge on any atom is -0.496 e. The molecule has 1 aliphatic carbocycles. The second-order valence-corrected chi connectivity index (χ2v) is 6.21. The van der Waals surface area contributed by atoms with Crippen molar-refractivity contribution in [3.05, 3.63) is 30.2 Å². The van der Waals surface area contributed by atoms with Crippen LogP contribution in [-0.2, 0) is 0 Å². The summed E-state index contributed by atoms with van der Waals surface area (Å²) in [5, 5.41) is 8.52. The molecule has 1 aromatic heterocycles. The highest BCUT2D eigenvalue weighted by molar-refractivity contribution is 5.62. The van der Waals surface area contributed by atoms with Crippen LogP contribution in [-0.4, -0.2) is 41.3 Å². The van der Waals surface area contributed by atoms with Crippen molar-refractivity contribution in [3.63, 3.8) is 0 Å². The lowest BCUT2D eigenvalue weighted by molar-refractivity contribution is 0.156. The number of aromatic nitrogens is 2. The smallest absolute Gasteiger partial charge is 0.251 e. The van der Waals surface area contributed by atoms with Crippen molar-refractivity contribution >= 4 is 0 Å². The SMILES string of the molecule is COc1ccccc1-c1nnc([C@H]2CCN(C3CCC3)C2)o1. The first kappa shape index (κ1) is 13.8. The van der Waals surface area contributed by atoms with E-state index in [0.29, 0.717) is 11.8 Å². The van der Waals surface area contributed by atoms with Gasteiger partial charge >= 0.3 is 0 Å². The van der Waals surface area contributed by atoms with Crippen LogP contribution in [0.15, 0.2) is 28.7 Å². The minimum absolute atomic E-state index is 0.372. The van der Waals surface area contributed by atoms with Crippen molar-refractivity contribution in [1.29, 1.82) is 0 Å². The van der Waals surface area contributed by atoms with Gasteiger partial charge in [-0.3, -0.25) is 4.90 Å². The molecule has 0 N–H and O–H groups in total. The van der Waals surface area contributed by atoms with E-state index in [1.165, 1.54) is 19.3 Å². The van der Waals surface area contributed by atoms with Gasteiger partial charge in [0.1, 0.15) is 5.75 Å². The van der Waals surface area contributed by atoms with E-state index in [9.17, 15) is 0 Å². The minimum atomic E-state index is 0.372. The fourth-order valence-corrected chi connectivity index (χ4v) is 3.40. The summed E-state index contributed by atoms with van der Waals surface area (Å²) in [4.78, 5) is 2.58. The van der Waals surface area contributed by atoms with Crippen LogP contribution in [0.4, 0.5) is 0 Å². The highest BCUT2D eigenvalue weighted by Crippen LogP contribution is 2.35. The van der Waals surface area contributed by atoms with Crippen LogP contribution in [0.25, 0.3) is 11.5 Å². The number of hydrogen-bond donors (Lipinski definition) is 0. The van der Waals surface area contributed by atoms with E-state index in [4.69, 9.17) is 9.15 Å². The lowest BCUT2D eigenvalue weighted by Crippen LogP contribution is -2.38. The Balaban J connectivity index is 1.52. The first-order chi connectivity index (χ1) is 10.8. The molecule has 116 valence electrons. The zero-order valence-corrected chi connectivity index (χ0v) is 12.9. The van der Waals surface area contributed by atoms with Gasteiger partial charge in [0.25, 0.3) is 5.89 Å². The van der Waals surface area contributed by atoms with Crippen LogP contribution in [0.2, 0.25) is 0 Å². The fraction of sp³-hybridized carbons (Fsp3) is 0.529. The standard InChI is InChI=1S/C17H21N3O2/c1-21-15-8-3-2-7-14(15)17-19-18-16(22-17)12-9-10-20(11-12)13-5-4-6-13/h2-3,7-8,12-13H,4-6,9-11H2,1H3/t12-/m0/s1. The van der Waals surface area contributed by atoms with Crippen LogP contribution < -0.4 is 4.74 Å². The predicted molar refractivity (Wildman–Crippen MR) is 82.9 cm³/mol. The molecule has 2 aliphatic rings. The normalized spacial score (nSPS) is 22.7. The summed E-state index contributed by atoms with van der Waals surface area (Å²) < 4.78 is 11.3. The lowest BCUT2D eigenvalue weighted by atomic mass is 9.92. The number of nitrogens with zero attached hydrogens (tertiary/aromatic N) is 3. The van der Waals surface area contributed by atoms with E-state index in [0.717, 1.165) is 42.8 Å². The van der Waals surface area contributed by atoms with Crippen molar-refractivity contribution in [3.8, 4) is 17.2 Å². The molecule has 0 spiro atoms. The first-order valence-electron chi connectivity index (χ1n) is 8.06. The molecule has 1 atom stereocenters. The van der Waals surface area contributed by atoms with Gasteiger partial charge in [-0.15, -0.1) is 10.2 Å². The summed E-state index contributed by atoms with van der Waals surface area (Å²) in [7, 11) is 1.66. The molecule has 0 amide bonds. The fourth-order valence-electron chi connectivity index (χ4n) is 3.40. The molecule has 5 nitrogen and oxygen atoms in total. The number of hydrogen-bond acceptors (Lipinski definition) is 5. The molecule has 0 radical (unpaired) electrons. The number of para-hydroxylation sites is 1. The second-order valence-electron chi connectivity index (χ2n) is 6.21. The average Bonchev–Trinajstić information content (AvgIpc) is 3.14. The molecular formula is C17H21N3O2. The average molecular weight is 299 g/mol. The van der Waals surface area contributed by atoms with Crippen LogP contribution in [0.1, 0.15) is 37.5 Å². The Hall–Kier alpha value is -1.88. The molecule has 2 heterocycles. The summed E-state index contributed by atoms with van der Waals surface area (Å²) in [6, 6.07) is 8.54. The Morgan fingerprint density at radius 2 is 2.05 bits per heavy atom. The number of likely N-dealkylation sites (tertiary alicyclic amines) is 1. The molecule has 22 heavy (non-hydrogen) atoms. The maximum atomic E-state index is 5.95. The molecule has 0 unspecified atom stereocenters. The molecule has 2 aromatic rings. The van der Waals surface area contributed by atoms with Gasteiger partial charge in [0, 0.05) is 12.6 Å². The summed E-state index contributed by atoms with van der Waals surface area (Å²) in [6.07, 6.45) is 5.19. The lowest BCUT2D eigenvalue weighted by Gasteiger charge is -2.34. The highest BCUT2D eigenvalue weighted by atomic mass is 16.5. The van der Waals surface area contributed by atoms with Gasteiger partial charge in [0.05, 0.1) is 18.6 Å². The van der Waals surface area contributed by atoms with E-state index in [1.54, 1.807) is 7.11 Å². The third-order valence-corrected chi connectivity index (χ3v) is 4.94. The third-order valence-electron chi connectivity index (χ3n) is 4.94. The van der Waals surface area contributed by atoms with Crippen molar-refractivity contribution in [1.82, 2.24) is 15.1 Å². The van der Waals surface area contributed by atoms with Crippen molar-refractivity contribution < 1.29 is 9.15 Å².